The zero-order valence-corrected chi connectivity index (χ0v) is 18.3. The van der Waals surface area contributed by atoms with Crippen molar-refractivity contribution in [3.8, 4) is 0 Å². The van der Waals surface area contributed by atoms with Gasteiger partial charge in [-0.1, -0.05) is 30.3 Å². The lowest BCUT2D eigenvalue weighted by Crippen LogP contribution is -2.56. The Morgan fingerprint density at radius 2 is 1.63 bits per heavy atom. The van der Waals surface area contributed by atoms with Crippen molar-refractivity contribution < 1.29 is 9.59 Å². The van der Waals surface area contributed by atoms with E-state index in [1.807, 2.05) is 6.92 Å². The Kier molecular flexibility index (Phi) is 7.05. The summed E-state index contributed by atoms with van der Waals surface area (Å²) < 4.78 is 0. The number of benzene rings is 1. The van der Waals surface area contributed by atoms with Gasteiger partial charge in [-0.3, -0.25) is 19.4 Å². The molecule has 0 aromatic heterocycles. The second-order valence-corrected chi connectivity index (χ2v) is 9.29. The highest BCUT2D eigenvalue weighted by molar-refractivity contribution is 5.81. The van der Waals surface area contributed by atoms with Gasteiger partial charge in [-0.15, -0.1) is 0 Å². The third-order valence-electron chi connectivity index (χ3n) is 6.92. The van der Waals surface area contributed by atoms with Crippen LogP contribution in [-0.2, 0) is 16.0 Å². The maximum absolute atomic E-state index is 13.1. The summed E-state index contributed by atoms with van der Waals surface area (Å²) in [6, 6.07) is 11.0. The minimum Gasteiger partial charge on any atom is -0.352 e. The van der Waals surface area contributed by atoms with Gasteiger partial charge < -0.3 is 10.2 Å². The van der Waals surface area contributed by atoms with Crippen molar-refractivity contribution in [3.63, 3.8) is 0 Å². The summed E-state index contributed by atoms with van der Waals surface area (Å²) in [5.74, 6) is 1.10. The molecule has 6 heteroatoms. The van der Waals surface area contributed by atoms with Crippen LogP contribution in [0.2, 0.25) is 0 Å². The molecule has 1 N–H and O–H groups in total. The van der Waals surface area contributed by atoms with Crippen molar-refractivity contribution in [1.82, 2.24) is 20.0 Å². The molecule has 2 heterocycles. The number of carbonyl (C=O) groups excluding carboxylic acids is 2. The molecule has 0 spiro atoms. The molecular weight excluding hydrogens is 376 g/mol. The third-order valence-corrected chi connectivity index (χ3v) is 6.92. The molecule has 1 atom stereocenters. The van der Waals surface area contributed by atoms with Crippen LogP contribution in [0.15, 0.2) is 30.3 Å². The van der Waals surface area contributed by atoms with Crippen molar-refractivity contribution in [3.05, 3.63) is 35.9 Å². The first kappa shape index (κ1) is 21.3. The van der Waals surface area contributed by atoms with E-state index in [2.05, 4.69) is 50.3 Å². The lowest BCUT2D eigenvalue weighted by molar-refractivity contribution is -0.139. The molecule has 4 rings (SSSR count). The molecule has 6 nitrogen and oxygen atoms in total. The van der Waals surface area contributed by atoms with Crippen LogP contribution >= 0.6 is 0 Å². The summed E-state index contributed by atoms with van der Waals surface area (Å²) in [4.78, 5) is 31.6. The SMILES string of the molecule is C[C@@H](C(=O)N1CCC(Cc2ccccc2)CC1)N1CCN(CC(=O)NC2CC2)CC1. The van der Waals surface area contributed by atoms with Crippen molar-refractivity contribution >= 4 is 11.8 Å². The number of carbonyl (C=O) groups is 2. The van der Waals surface area contributed by atoms with E-state index >= 15 is 0 Å². The molecule has 30 heavy (non-hydrogen) atoms. The monoisotopic (exact) mass is 412 g/mol. The second-order valence-electron chi connectivity index (χ2n) is 9.29. The largest absolute Gasteiger partial charge is 0.352 e. The van der Waals surface area contributed by atoms with Crippen LogP contribution in [0, 0.1) is 5.92 Å². The van der Waals surface area contributed by atoms with E-state index in [1.165, 1.54) is 5.56 Å². The molecule has 2 amide bonds. The Morgan fingerprint density at radius 3 is 2.27 bits per heavy atom. The molecule has 0 unspecified atom stereocenters. The number of likely N-dealkylation sites (tertiary alicyclic amines) is 1. The number of rotatable bonds is 7. The van der Waals surface area contributed by atoms with E-state index in [-0.39, 0.29) is 17.9 Å². The van der Waals surface area contributed by atoms with Gasteiger partial charge in [-0.2, -0.15) is 0 Å². The summed E-state index contributed by atoms with van der Waals surface area (Å²) in [6.45, 7) is 7.71. The zero-order valence-electron chi connectivity index (χ0n) is 18.3. The highest BCUT2D eigenvalue weighted by atomic mass is 16.2. The van der Waals surface area contributed by atoms with Gasteiger partial charge in [0.05, 0.1) is 12.6 Å². The minimum absolute atomic E-state index is 0.0712. The highest BCUT2D eigenvalue weighted by Crippen LogP contribution is 2.23. The molecule has 164 valence electrons. The molecule has 2 aliphatic heterocycles. The summed E-state index contributed by atoms with van der Waals surface area (Å²) in [7, 11) is 0. The van der Waals surface area contributed by atoms with Gasteiger partial charge in [-0.25, -0.2) is 0 Å². The van der Waals surface area contributed by atoms with E-state index in [0.717, 1.165) is 71.4 Å². The molecule has 1 aromatic rings. The van der Waals surface area contributed by atoms with Crippen LogP contribution in [0.4, 0.5) is 0 Å². The summed E-state index contributed by atoms with van der Waals surface area (Å²) in [5, 5.41) is 3.06. The van der Waals surface area contributed by atoms with Crippen LogP contribution in [0.1, 0.15) is 38.2 Å². The fourth-order valence-electron chi connectivity index (χ4n) is 4.74. The Hall–Kier alpha value is -1.92. The van der Waals surface area contributed by atoms with Crippen LogP contribution in [-0.4, -0.2) is 84.4 Å². The molecule has 0 radical (unpaired) electrons. The number of amides is 2. The molecule has 3 fully saturated rings. The second kappa shape index (κ2) is 9.92. The minimum atomic E-state index is -0.0712. The average molecular weight is 413 g/mol. The maximum atomic E-state index is 13.1. The Balaban J connectivity index is 1.17. The first-order chi connectivity index (χ1) is 14.6. The number of hydrogen-bond donors (Lipinski definition) is 1. The first-order valence-electron chi connectivity index (χ1n) is 11.7. The van der Waals surface area contributed by atoms with E-state index in [1.54, 1.807) is 0 Å². The van der Waals surface area contributed by atoms with E-state index in [0.29, 0.717) is 18.5 Å². The van der Waals surface area contributed by atoms with Crippen LogP contribution in [0.25, 0.3) is 0 Å². The Labute approximate surface area is 180 Å². The van der Waals surface area contributed by atoms with Crippen LogP contribution < -0.4 is 5.32 Å². The van der Waals surface area contributed by atoms with Gasteiger partial charge in [-0.05, 0) is 50.5 Å². The zero-order chi connectivity index (χ0) is 20.9. The van der Waals surface area contributed by atoms with Crippen LogP contribution in [0.5, 0.6) is 0 Å². The Morgan fingerprint density at radius 1 is 0.967 bits per heavy atom. The fraction of sp³-hybridized carbons (Fsp3) is 0.667. The van der Waals surface area contributed by atoms with Crippen molar-refractivity contribution in [2.45, 2.75) is 51.1 Å². The van der Waals surface area contributed by atoms with Crippen molar-refractivity contribution in [2.24, 2.45) is 5.92 Å². The highest BCUT2D eigenvalue weighted by Gasteiger charge is 2.31. The number of hydrogen-bond acceptors (Lipinski definition) is 4. The summed E-state index contributed by atoms with van der Waals surface area (Å²) in [6.07, 6.45) is 5.56. The van der Waals surface area contributed by atoms with E-state index in [9.17, 15) is 9.59 Å². The van der Waals surface area contributed by atoms with Crippen molar-refractivity contribution in [2.75, 3.05) is 45.8 Å². The lowest BCUT2D eigenvalue weighted by Gasteiger charge is -2.40. The van der Waals surface area contributed by atoms with Crippen LogP contribution in [0.3, 0.4) is 0 Å². The molecule has 2 saturated heterocycles. The summed E-state index contributed by atoms with van der Waals surface area (Å²) >= 11 is 0. The first-order valence-corrected chi connectivity index (χ1v) is 11.7. The van der Waals surface area contributed by atoms with E-state index < -0.39 is 0 Å². The number of piperidine rings is 1. The molecule has 0 bridgehead atoms. The predicted molar refractivity (Wildman–Crippen MR) is 118 cm³/mol. The quantitative estimate of drug-likeness (QED) is 0.741. The van der Waals surface area contributed by atoms with Crippen molar-refractivity contribution in [1.29, 1.82) is 0 Å². The van der Waals surface area contributed by atoms with Gasteiger partial charge in [0, 0.05) is 45.3 Å². The number of nitrogens with one attached hydrogen (secondary N) is 1. The average Bonchev–Trinajstić information content (AvgIpc) is 3.58. The van der Waals surface area contributed by atoms with Gasteiger partial charge in [0.15, 0.2) is 0 Å². The topological polar surface area (TPSA) is 55.9 Å². The van der Waals surface area contributed by atoms with Gasteiger partial charge >= 0.3 is 0 Å². The number of nitrogens with zero attached hydrogens (tertiary/aromatic N) is 3. The maximum Gasteiger partial charge on any atom is 0.239 e. The van der Waals surface area contributed by atoms with Gasteiger partial charge in [0.25, 0.3) is 0 Å². The lowest BCUT2D eigenvalue weighted by atomic mass is 9.90. The normalized spacial score (nSPS) is 22.6. The number of piperazine rings is 1. The van der Waals surface area contributed by atoms with Gasteiger partial charge in [0.2, 0.25) is 11.8 Å². The molecule has 1 saturated carbocycles. The standard InChI is InChI=1S/C24H36N4O2/c1-19(27-15-13-26(14-16-27)18-23(29)25-22-7-8-22)24(30)28-11-9-21(10-12-28)17-20-5-3-2-4-6-20/h2-6,19,21-22H,7-18H2,1H3,(H,25,29)/t19-/m0/s1. The molecule has 1 aromatic carbocycles. The Bertz CT molecular complexity index is 705. The smallest absolute Gasteiger partial charge is 0.239 e. The fourth-order valence-corrected chi connectivity index (χ4v) is 4.74. The molecular formula is C24H36N4O2. The molecule has 1 aliphatic carbocycles. The van der Waals surface area contributed by atoms with Gasteiger partial charge in [0.1, 0.15) is 0 Å². The summed E-state index contributed by atoms with van der Waals surface area (Å²) in [5.41, 5.74) is 1.40. The van der Waals surface area contributed by atoms with E-state index in [4.69, 9.17) is 0 Å². The predicted octanol–water partition coefficient (Wildman–Crippen LogP) is 1.75. The third kappa shape index (κ3) is 5.82. The molecule has 3 aliphatic rings.